The first-order chi connectivity index (χ1) is 12.7. The van der Waals surface area contributed by atoms with E-state index in [1.54, 1.807) is 18.3 Å². The number of piperidine rings is 1. The van der Waals surface area contributed by atoms with E-state index in [1.165, 1.54) is 0 Å². The number of hydrogen-bond donors (Lipinski definition) is 0. The highest BCUT2D eigenvalue weighted by Crippen LogP contribution is 2.34. The predicted octanol–water partition coefficient (Wildman–Crippen LogP) is 2.24. The van der Waals surface area contributed by atoms with Gasteiger partial charge in [-0.15, -0.1) is 0 Å². The van der Waals surface area contributed by atoms with Crippen LogP contribution in [0.25, 0.3) is 0 Å². The Bertz CT molecular complexity index is 803. The van der Waals surface area contributed by atoms with E-state index in [2.05, 4.69) is 9.97 Å². The Balaban J connectivity index is 1.40. The van der Waals surface area contributed by atoms with Gasteiger partial charge in [-0.3, -0.25) is 4.79 Å². The summed E-state index contributed by atoms with van der Waals surface area (Å²) in [6, 6.07) is 7.21. The Morgan fingerprint density at radius 3 is 2.81 bits per heavy atom. The number of likely N-dealkylation sites (tertiary alicyclic amines) is 1. The molecule has 0 atom stereocenters. The van der Waals surface area contributed by atoms with Gasteiger partial charge in [-0.1, -0.05) is 6.07 Å². The van der Waals surface area contributed by atoms with Crippen LogP contribution in [0, 0.1) is 6.92 Å². The van der Waals surface area contributed by atoms with Crippen molar-refractivity contribution in [3.8, 4) is 17.4 Å². The molecule has 2 aliphatic heterocycles. The number of hydrogen-bond acceptors (Lipinski definition) is 6. The van der Waals surface area contributed by atoms with Gasteiger partial charge in [0.05, 0.1) is 5.56 Å². The average Bonchev–Trinajstić information content (AvgIpc) is 2.68. The van der Waals surface area contributed by atoms with Crippen LogP contribution in [0.5, 0.6) is 17.4 Å². The van der Waals surface area contributed by atoms with Gasteiger partial charge in [0.25, 0.3) is 5.91 Å². The minimum absolute atomic E-state index is 0.0244. The van der Waals surface area contributed by atoms with Gasteiger partial charge in [0.2, 0.25) is 5.88 Å². The third kappa shape index (κ3) is 3.42. The van der Waals surface area contributed by atoms with Crippen molar-refractivity contribution in [3.63, 3.8) is 0 Å². The van der Waals surface area contributed by atoms with Gasteiger partial charge >= 0.3 is 0 Å². The zero-order chi connectivity index (χ0) is 17.9. The molecule has 0 spiro atoms. The van der Waals surface area contributed by atoms with E-state index in [0.717, 1.165) is 12.8 Å². The lowest BCUT2D eigenvalue weighted by Gasteiger charge is -2.32. The molecule has 1 saturated heterocycles. The Hall–Kier alpha value is -2.83. The van der Waals surface area contributed by atoms with Crippen molar-refractivity contribution >= 4 is 5.91 Å². The summed E-state index contributed by atoms with van der Waals surface area (Å²) in [6.45, 7) is 4.08. The van der Waals surface area contributed by atoms with Crippen LogP contribution in [0.1, 0.15) is 29.0 Å². The van der Waals surface area contributed by atoms with Crippen LogP contribution in [0.2, 0.25) is 0 Å². The maximum atomic E-state index is 12.9. The summed E-state index contributed by atoms with van der Waals surface area (Å²) in [4.78, 5) is 23.1. The van der Waals surface area contributed by atoms with Crippen molar-refractivity contribution in [2.24, 2.45) is 0 Å². The lowest BCUT2D eigenvalue weighted by atomic mass is 10.1. The number of ether oxygens (including phenoxy) is 3. The molecular formula is C19H21N3O4. The first kappa shape index (κ1) is 16.6. The summed E-state index contributed by atoms with van der Waals surface area (Å²) in [5.41, 5.74) is 0.563. The number of benzene rings is 1. The van der Waals surface area contributed by atoms with Crippen LogP contribution in [0.4, 0.5) is 0 Å². The minimum Gasteiger partial charge on any atom is -0.486 e. The van der Waals surface area contributed by atoms with Crippen molar-refractivity contribution in [1.29, 1.82) is 0 Å². The molecule has 4 rings (SSSR count). The molecular weight excluding hydrogens is 334 g/mol. The molecule has 7 heteroatoms. The number of fused-ring (bicyclic) bond motifs is 1. The number of carbonyl (C=O) groups is 1. The molecule has 26 heavy (non-hydrogen) atoms. The van der Waals surface area contributed by atoms with E-state index in [1.807, 2.05) is 24.0 Å². The van der Waals surface area contributed by atoms with Crippen molar-refractivity contribution in [3.05, 3.63) is 41.9 Å². The summed E-state index contributed by atoms with van der Waals surface area (Å²) < 4.78 is 17.2. The van der Waals surface area contributed by atoms with Gasteiger partial charge in [0.1, 0.15) is 25.1 Å². The topological polar surface area (TPSA) is 73.8 Å². The highest BCUT2D eigenvalue weighted by Gasteiger charge is 2.28. The molecule has 0 radical (unpaired) electrons. The summed E-state index contributed by atoms with van der Waals surface area (Å²) >= 11 is 0. The van der Waals surface area contributed by atoms with Gasteiger partial charge in [0, 0.05) is 38.2 Å². The van der Waals surface area contributed by atoms with Gasteiger partial charge in [-0.05, 0) is 19.1 Å². The predicted molar refractivity (Wildman–Crippen MR) is 93.8 cm³/mol. The molecule has 1 aromatic carbocycles. The first-order valence-corrected chi connectivity index (χ1v) is 8.85. The zero-order valence-electron chi connectivity index (χ0n) is 14.7. The lowest BCUT2D eigenvalue weighted by Crippen LogP contribution is -2.42. The van der Waals surface area contributed by atoms with E-state index < -0.39 is 0 Å². The fourth-order valence-corrected chi connectivity index (χ4v) is 3.26. The zero-order valence-corrected chi connectivity index (χ0v) is 14.7. The second-order valence-electron chi connectivity index (χ2n) is 6.38. The summed E-state index contributed by atoms with van der Waals surface area (Å²) in [6.07, 6.45) is 3.27. The molecule has 1 amide bonds. The molecule has 0 unspecified atom stereocenters. The monoisotopic (exact) mass is 355 g/mol. The van der Waals surface area contributed by atoms with Crippen molar-refractivity contribution in [2.75, 3.05) is 26.3 Å². The maximum absolute atomic E-state index is 12.9. The Labute approximate surface area is 151 Å². The molecule has 2 aliphatic rings. The van der Waals surface area contributed by atoms with Crippen LogP contribution in [-0.4, -0.2) is 53.2 Å². The van der Waals surface area contributed by atoms with Crippen molar-refractivity contribution in [1.82, 2.24) is 14.9 Å². The molecule has 136 valence electrons. The van der Waals surface area contributed by atoms with Crippen molar-refractivity contribution < 1.29 is 19.0 Å². The second-order valence-corrected chi connectivity index (χ2v) is 6.38. The first-order valence-electron chi connectivity index (χ1n) is 8.85. The van der Waals surface area contributed by atoms with Crippen LogP contribution < -0.4 is 14.2 Å². The second kappa shape index (κ2) is 7.19. The fraction of sp³-hybridized carbons (Fsp3) is 0.421. The van der Waals surface area contributed by atoms with E-state index in [-0.39, 0.29) is 12.0 Å². The van der Waals surface area contributed by atoms with Gasteiger partial charge in [-0.2, -0.15) is 4.98 Å². The molecule has 0 aliphatic carbocycles. The van der Waals surface area contributed by atoms with Gasteiger partial charge < -0.3 is 19.1 Å². The third-order valence-electron chi connectivity index (χ3n) is 4.56. The summed E-state index contributed by atoms with van der Waals surface area (Å²) in [5, 5.41) is 0. The molecule has 0 saturated carbocycles. The van der Waals surface area contributed by atoms with E-state index >= 15 is 0 Å². The Kier molecular flexibility index (Phi) is 4.60. The highest BCUT2D eigenvalue weighted by atomic mass is 16.6. The minimum atomic E-state index is -0.0244. The molecule has 2 aromatic rings. The number of carbonyl (C=O) groups excluding carboxylic acids is 1. The summed E-state index contributed by atoms with van der Waals surface area (Å²) in [5.74, 6) is 2.44. The molecule has 7 nitrogen and oxygen atoms in total. The standard InChI is InChI=1S/C19H21N3O4/c1-13-20-8-5-17(21-13)26-14-6-9-22(10-7-14)19(23)15-3-2-4-16-18(15)25-12-11-24-16/h2-5,8,14H,6-7,9-12H2,1H3. The Morgan fingerprint density at radius 1 is 1.19 bits per heavy atom. The number of nitrogens with zero attached hydrogens (tertiary/aromatic N) is 3. The van der Waals surface area contributed by atoms with Crippen LogP contribution in [0.3, 0.4) is 0 Å². The van der Waals surface area contributed by atoms with Crippen LogP contribution >= 0.6 is 0 Å². The summed E-state index contributed by atoms with van der Waals surface area (Å²) in [7, 11) is 0. The Morgan fingerprint density at radius 2 is 2.00 bits per heavy atom. The third-order valence-corrected chi connectivity index (χ3v) is 4.56. The lowest BCUT2D eigenvalue weighted by molar-refractivity contribution is 0.0579. The number of para-hydroxylation sites is 1. The van der Waals surface area contributed by atoms with Crippen LogP contribution in [0.15, 0.2) is 30.5 Å². The highest BCUT2D eigenvalue weighted by molar-refractivity contribution is 5.98. The SMILES string of the molecule is Cc1nccc(OC2CCN(C(=O)c3cccc4c3OCCO4)CC2)n1. The van der Waals surface area contributed by atoms with E-state index in [0.29, 0.717) is 55.1 Å². The van der Waals surface area contributed by atoms with Gasteiger partial charge in [-0.25, -0.2) is 4.98 Å². The number of rotatable bonds is 3. The molecule has 0 N–H and O–H groups in total. The quantitative estimate of drug-likeness (QED) is 0.841. The maximum Gasteiger partial charge on any atom is 0.257 e. The fourth-order valence-electron chi connectivity index (χ4n) is 3.26. The molecule has 0 bridgehead atoms. The van der Waals surface area contributed by atoms with E-state index in [4.69, 9.17) is 14.2 Å². The number of amides is 1. The normalized spacial score (nSPS) is 17.0. The molecule has 3 heterocycles. The number of aromatic nitrogens is 2. The molecule has 1 fully saturated rings. The number of aryl methyl sites for hydroxylation is 1. The van der Waals surface area contributed by atoms with Crippen molar-refractivity contribution in [2.45, 2.75) is 25.9 Å². The van der Waals surface area contributed by atoms with E-state index in [9.17, 15) is 4.79 Å². The van der Waals surface area contributed by atoms with Crippen LogP contribution in [-0.2, 0) is 0 Å². The largest absolute Gasteiger partial charge is 0.486 e. The van der Waals surface area contributed by atoms with Gasteiger partial charge in [0.15, 0.2) is 11.5 Å². The average molecular weight is 355 g/mol. The molecule has 1 aromatic heterocycles. The smallest absolute Gasteiger partial charge is 0.257 e.